The molecule has 0 bridgehead atoms. The van der Waals surface area contributed by atoms with E-state index in [2.05, 4.69) is 19.2 Å². The minimum absolute atomic E-state index is 0.214. The Morgan fingerprint density at radius 2 is 1.57 bits per heavy atom. The van der Waals surface area contributed by atoms with Crippen LogP contribution in [0.25, 0.3) is 10.8 Å². The fourth-order valence-corrected chi connectivity index (χ4v) is 3.12. The van der Waals surface area contributed by atoms with Crippen molar-refractivity contribution >= 4 is 22.4 Å². The van der Waals surface area contributed by atoms with Gasteiger partial charge in [-0.3, -0.25) is 9.59 Å². The summed E-state index contributed by atoms with van der Waals surface area (Å²) in [5.41, 5.74) is 2.05. The first kappa shape index (κ1) is 19.5. The highest BCUT2D eigenvalue weighted by atomic mass is 16.5. The number of hydrogen-bond acceptors (Lipinski definition) is 4. The van der Waals surface area contributed by atoms with Gasteiger partial charge in [-0.05, 0) is 35.7 Å². The summed E-state index contributed by atoms with van der Waals surface area (Å²) in [6.45, 7) is 4.23. The van der Waals surface area contributed by atoms with E-state index in [4.69, 9.17) is 9.47 Å². The number of hydrogen-bond donors (Lipinski definition) is 1. The molecule has 0 radical (unpaired) electrons. The molecule has 6 heteroatoms. The third-order valence-electron chi connectivity index (χ3n) is 4.77. The summed E-state index contributed by atoms with van der Waals surface area (Å²) in [5.74, 6) is 1.01. The van der Waals surface area contributed by atoms with Crippen LogP contribution in [0.4, 0.5) is 5.69 Å². The lowest BCUT2D eigenvalue weighted by molar-refractivity contribution is 0.102. The number of aromatic nitrogens is 1. The Balaban J connectivity index is 2.07. The first-order valence-corrected chi connectivity index (χ1v) is 9.02. The zero-order chi connectivity index (χ0) is 20.4. The number of ether oxygens (including phenoxy) is 2. The molecule has 1 amide bonds. The molecule has 146 valence electrons. The summed E-state index contributed by atoms with van der Waals surface area (Å²) in [7, 11) is 4.64. The molecule has 3 rings (SSSR count). The largest absolute Gasteiger partial charge is 0.493 e. The van der Waals surface area contributed by atoms with E-state index in [1.807, 2.05) is 24.3 Å². The van der Waals surface area contributed by atoms with Crippen LogP contribution in [0.15, 0.2) is 47.4 Å². The predicted molar refractivity (Wildman–Crippen MR) is 111 cm³/mol. The molecule has 0 saturated heterocycles. The van der Waals surface area contributed by atoms with Crippen LogP contribution < -0.4 is 20.3 Å². The number of nitrogens with one attached hydrogen (secondary N) is 1. The number of nitrogens with zero attached hydrogens (tertiary/aromatic N) is 1. The molecule has 0 aliphatic carbocycles. The van der Waals surface area contributed by atoms with Gasteiger partial charge in [0.1, 0.15) is 0 Å². The van der Waals surface area contributed by atoms with Gasteiger partial charge in [-0.1, -0.05) is 26.0 Å². The smallest absolute Gasteiger partial charge is 0.258 e. The number of amides is 1. The van der Waals surface area contributed by atoms with Crippen LogP contribution in [0.3, 0.4) is 0 Å². The van der Waals surface area contributed by atoms with Crippen molar-refractivity contribution in [2.45, 2.75) is 19.8 Å². The zero-order valence-electron chi connectivity index (χ0n) is 16.7. The van der Waals surface area contributed by atoms with E-state index in [0.717, 1.165) is 0 Å². The summed E-state index contributed by atoms with van der Waals surface area (Å²) in [6.07, 6.45) is 1.54. The van der Waals surface area contributed by atoms with E-state index in [1.54, 1.807) is 19.2 Å². The maximum absolute atomic E-state index is 13.0. The quantitative estimate of drug-likeness (QED) is 0.728. The van der Waals surface area contributed by atoms with Gasteiger partial charge in [0.2, 0.25) is 0 Å². The van der Waals surface area contributed by atoms with Gasteiger partial charge in [0.15, 0.2) is 11.5 Å². The van der Waals surface area contributed by atoms with Gasteiger partial charge in [0.25, 0.3) is 11.5 Å². The number of anilines is 1. The van der Waals surface area contributed by atoms with Crippen molar-refractivity contribution in [3.8, 4) is 11.5 Å². The number of methoxy groups -OCH3 is 2. The molecule has 1 N–H and O–H groups in total. The summed E-state index contributed by atoms with van der Waals surface area (Å²) < 4.78 is 12.0. The normalized spacial score (nSPS) is 10.9. The first-order valence-electron chi connectivity index (χ1n) is 9.02. The lowest BCUT2D eigenvalue weighted by Crippen LogP contribution is -2.21. The van der Waals surface area contributed by atoms with Crippen molar-refractivity contribution < 1.29 is 14.3 Å². The molecule has 0 saturated carbocycles. The molecule has 2 aromatic carbocycles. The van der Waals surface area contributed by atoms with E-state index in [-0.39, 0.29) is 11.5 Å². The third-order valence-corrected chi connectivity index (χ3v) is 4.77. The minimum Gasteiger partial charge on any atom is -0.493 e. The van der Waals surface area contributed by atoms with Gasteiger partial charge in [-0.2, -0.15) is 0 Å². The summed E-state index contributed by atoms with van der Waals surface area (Å²) >= 11 is 0. The van der Waals surface area contributed by atoms with Gasteiger partial charge in [0.05, 0.1) is 25.2 Å². The second-order valence-electron chi connectivity index (χ2n) is 6.94. The number of rotatable bonds is 5. The number of carbonyl (C=O) groups is 1. The molecule has 28 heavy (non-hydrogen) atoms. The van der Waals surface area contributed by atoms with E-state index in [9.17, 15) is 9.59 Å². The molecule has 1 heterocycles. The molecule has 0 fully saturated rings. The van der Waals surface area contributed by atoms with Crippen LogP contribution >= 0.6 is 0 Å². The third kappa shape index (κ3) is 3.58. The standard InChI is InChI=1S/C22H24N2O4/c1-13(2)14-6-8-15(9-7-14)23-21(25)18-12-24(3)22(26)17-11-20(28-5)19(27-4)10-16(17)18/h6-13H,1-5H3,(H,23,25). The number of pyridine rings is 1. The molecule has 0 unspecified atom stereocenters. The molecular formula is C22H24N2O4. The Morgan fingerprint density at radius 1 is 1.00 bits per heavy atom. The Kier molecular flexibility index (Phi) is 5.40. The lowest BCUT2D eigenvalue weighted by Gasteiger charge is -2.14. The average Bonchev–Trinajstić information content (AvgIpc) is 2.69. The van der Waals surface area contributed by atoms with Crippen molar-refractivity contribution in [1.82, 2.24) is 4.57 Å². The zero-order valence-corrected chi connectivity index (χ0v) is 16.7. The monoisotopic (exact) mass is 380 g/mol. The van der Waals surface area contributed by atoms with Gasteiger partial charge < -0.3 is 19.4 Å². The second kappa shape index (κ2) is 7.76. The Bertz CT molecular complexity index is 1080. The average molecular weight is 380 g/mol. The van der Waals surface area contributed by atoms with Gasteiger partial charge in [0, 0.05) is 24.3 Å². The number of aryl methyl sites for hydroxylation is 1. The molecular weight excluding hydrogens is 356 g/mol. The molecule has 6 nitrogen and oxygen atoms in total. The number of benzene rings is 2. The number of fused-ring (bicyclic) bond motifs is 1. The van der Waals surface area contributed by atoms with Crippen LogP contribution in [-0.4, -0.2) is 24.7 Å². The van der Waals surface area contributed by atoms with Gasteiger partial charge >= 0.3 is 0 Å². The highest BCUT2D eigenvalue weighted by Crippen LogP contribution is 2.32. The Morgan fingerprint density at radius 3 is 2.11 bits per heavy atom. The second-order valence-corrected chi connectivity index (χ2v) is 6.94. The summed E-state index contributed by atoms with van der Waals surface area (Å²) in [6, 6.07) is 11.0. The maximum Gasteiger partial charge on any atom is 0.258 e. The van der Waals surface area contributed by atoms with E-state index in [0.29, 0.717) is 39.4 Å². The molecule has 0 aliphatic heterocycles. The van der Waals surface area contributed by atoms with Crippen molar-refractivity contribution in [2.75, 3.05) is 19.5 Å². The molecule has 0 aliphatic rings. The van der Waals surface area contributed by atoms with E-state index >= 15 is 0 Å². The Labute approximate surface area is 163 Å². The molecule has 0 spiro atoms. The highest BCUT2D eigenvalue weighted by Gasteiger charge is 2.17. The predicted octanol–water partition coefficient (Wildman–Crippen LogP) is 3.93. The van der Waals surface area contributed by atoms with Crippen molar-refractivity contribution in [2.24, 2.45) is 7.05 Å². The van der Waals surface area contributed by atoms with Crippen molar-refractivity contribution in [3.63, 3.8) is 0 Å². The molecule has 1 aromatic heterocycles. The molecule has 3 aromatic rings. The van der Waals surface area contributed by atoms with Crippen LogP contribution in [-0.2, 0) is 7.05 Å². The lowest BCUT2D eigenvalue weighted by atomic mass is 10.0. The van der Waals surface area contributed by atoms with Crippen LogP contribution in [0.1, 0.15) is 35.7 Å². The fourth-order valence-electron chi connectivity index (χ4n) is 3.12. The highest BCUT2D eigenvalue weighted by molar-refractivity contribution is 6.13. The minimum atomic E-state index is -0.301. The van der Waals surface area contributed by atoms with E-state index < -0.39 is 0 Å². The van der Waals surface area contributed by atoms with Crippen molar-refractivity contribution in [1.29, 1.82) is 0 Å². The Hall–Kier alpha value is -3.28. The molecule has 0 atom stereocenters. The van der Waals surface area contributed by atoms with E-state index in [1.165, 1.54) is 30.5 Å². The van der Waals surface area contributed by atoms with Crippen LogP contribution in [0.2, 0.25) is 0 Å². The maximum atomic E-state index is 13.0. The van der Waals surface area contributed by atoms with Crippen molar-refractivity contribution in [3.05, 3.63) is 64.1 Å². The SMILES string of the molecule is COc1cc2c(C(=O)Nc3ccc(C(C)C)cc3)cn(C)c(=O)c2cc1OC. The number of carbonyl (C=O) groups excluding carboxylic acids is 1. The fraction of sp³-hybridized carbons (Fsp3) is 0.273. The summed E-state index contributed by atoms with van der Waals surface area (Å²) in [4.78, 5) is 25.5. The first-order chi connectivity index (χ1) is 13.3. The van der Waals surface area contributed by atoms with Crippen LogP contribution in [0.5, 0.6) is 11.5 Å². The summed E-state index contributed by atoms with van der Waals surface area (Å²) in [5, 5.41) is 3.81. The van der Waals surface area contributed by atoms with Gasteiger partial charge in [-0.15, -0.1) is 0 Å². The van der Waals surface area contributed by atoms with Crippen LogP contribution in [0, 0.1) is 0 Å². The topological polar surface area (TPSA) is 69.6 Å². The van der Waals surface area contributed by atoms with Gasteiger partial charge in [-0.25, -0.2) is 0 Å².